The molecule has 2 aliphatic rings. The fourth-order valence-electron chi connectivity index (χ4n) is 2.68. The van der Waals surface area contributed by atoms with Crippen molar-refractivity contribution in [3.63, 3.8) is 0 Å². The number of nitrogens with one attached hydrogen (secondary N) is 1. The lowest BCUT2D eigenvalue weighted by atomic mass is 10.1. The van der Waals surface area contributed by atoms with Gasteiger partial charge in [-0.3, -0.25) is 4.90 Å². The first-order valence-electron chi connectivity index (χ1n) is 6.79. The molecule has 1 aliphatic heterocycles. The van der Waals surface area contributed by atoms with E-state index in [0.29, 0.717) is 12.1 Å². The topological polar surface area (TPSA) is 24.5 Å². The lowest BCUT2D eigenvalue weighted by Gasteiger charge is -2.40. The number of ether oxygens (including phenoxy) is 1. The van der Waals surface area contributed by atoms with Crippen molar-refractivity contribution in [1.29, 1.82) is 0 Å². The molecule has 3 nitrogen and oxygen atoms in total. The van der Waals surface area contributed by atoms with E-state index in [1.807, 2.05) is 0 Å². The molecule has 1 saturated heterocycles. The van der Waals surface area contributed by atoms with Gasteiger partial charge in [0.1, 0.15) is 0 Å². The third-order valence-corrected chi connectivity index (χ3v) is 3.86. The third-order valence-electron chi connectivity index (χ3n) is 3.86. The molecule has 0 spiro atoms. The van der Waals surface area contributed by atoms with Gasteiger partial charge in [-0.25, -0.2) is 0 Å². The molecular formula is C13H26N2O. The van der Waals surface area contributed by atoms with Crippen LogP contribution in [-0.4, -0.2) is 49.3 Å². The molecule has 0 aromatic rings. The second kappa shape index (κ2) is 5.48. The summed E-state index contributed by atoms with van der Waals surface area (Å²) in [5, 5.41) is 3.68. The average Bonchev–Trinajstić information content (AvgIpc) is 3.05. The molecule has 1 heterocycles. The number of nitrogens with zero attached hydrogens (tertiary/aromatic N) is 1. The van der Waals surface area contributed by atoms with Gasteiger partial charge in [0.15, 0.2) is 0 Å². The second-order valence-corrected chi connectivity index (χ2v) is 5.42. The quantitative estimate of drug-likeness (QED) is 0.768. The summed E-state index contributed by atoms with van der Waals surface area (Å²) in [6.07, 6.45) is 3.23. The van der Waals surface area contributed by atoms with E-state index in [2.05, 4.69) is 31.0 Å². The molecule has 0 amide bonds. The standard InChI is InChI=1S/C13H26N2O/c1-4-16-11(3)8-15-9-13(12-5-6-12)14-7-10(15)2/h10-14H,4-9H2,1-3H3. The van der Waals surface area contributed by atoms with E-state index >= 15 is 0 Å². The second-order valence-electron chi connectivity index (χ2n) is 5.42. The smallest absolute Gasteiger partial charge is 0.0673 e. The summed E-state index contributed by atoms with van der Waals surface area (Å²) in [7, 11) is 0. The van der Waals surface area contributed by atoms with Crippen molar-refractivity contribution in [2.75, 3.05) is 26.2 Å². The SMILES string of the molecule is CCOC(C)CN1CC(C2CC2)NCC1C. The van der Waals surface area contributed by atoms with Gasteiger partial charge in [0.2, 0.25) is 0 Å². The Kier molecular flexibility index (Phi) is 4.22. The molecule has 1 saturated carbocycles. The highest BCUT2D eigenvalue weighted by Gasteiger charge is 2.36. The minimum atomic E-state index is 0.366. The van der Waals surface area contributed by atoms with Crippen LogP contribution in [0.25, 0.3) is 0 Å². The van der Waals surface area contributed by atoms with Crippen LogP contribution in [0.3, 0.4) is 0 Å². The van der Waals surface area contributed by atoms with E-state index in [4.69, 9.17) is 4.74 Å². The predicted octanol–water partition coefficient (Wildman–Crippen LogP) is 1.48. The molecule has 16 heavy (non-hydrogen) atoms. The Hall–Kier alpha value is -0.120. The Morgan fingerprint density at radius 1 is 1.44 bits per heavy atom. The summed E-state index contributed by atoms with van der Waals surface area (Å²) in [6, 6.07) is 1.39. The van der Waals surface area contributed by atoms with Crippen LogP contribution >= 0.6 is 0 Å². The summed E-state index contributed by atoms with van der Waals surface area (Å²) < 4.78 is 5.64. The van der Waals surface area contributed by atoms with E-state index in [-0.39, 0.29) is 0 Å². The first-order chi connectivity index (χ1) is 7.70. The molecule has 1 N–H and O–H groups in total. The first kappa shape index (κ1) is 12.3. The van der Waals surface area contributed by atoms with Crippen molar-refractivity contribution in [2.45, 2.75) is 51.8 Å². The number of hydrogen-bond acceptors (Lipinski definition) is 3. The molecule has 0 aromatic carbocycles. The molecule has 2 fully saturated rings. The summed E-state index contributed by atoms with van der Waals surface area (Å²) in [6.45, 7) is 10.8. The van der Waals surface area contributed by atoms with Crippen molar-refractivity contribution >= 4 is 0 Å². The largest absolute Gasteiger partial charge is 0.377 e. The maximum Gasteiger partial charge on any atom is 0.0673 e. The molecule has 0 radical (unpaired) electrons. The maximum absolute atomic E-state index is 5.64. The molecule has 3 heteroatoms. The van der Waals surface area contributed by atoms with Gasteiger partial charge in [-0.2, -0.15) is 0 Å². The first-order valence-corrected chi connectivity index (χ1v) is 6.79. The van der Waals surface area contributed by atoms with Crippen LogP contribution in [0.2, 0.25) is 0 Å². The van der Waals surface area contributed by atoms with E-state index in [0.717, 1.165) is 31.7 Å². The van der Waals surface area contributed by atoms with Crippen molar-refractivity contribution in [1.82, 2.24) is 10.2 Å². The van der Waals surface area contributed by atoms with E-state index < -0.39 is 0 Å². The molecule has 1 aliphatic carbocycles. The number of rotatable bonds is 5. The maximum atomic E-state index is 5.64. The van der Waals surface area contributed by atoms with Crippen molar-refractivity contribution in [2.24, 2.45) is 5.92 Å². The predicted molar refractivity (Wildman–Crippen MR) is 66.6 cm³/mol. The molecule has 0 aromatic heterocycles. The van der Waals surface area contributed by atoms with Gasteiger partial charge < -0.3 is 10.1 Å². The highest BCUT2D eigenvalue weighted by Crippen LogP contribution is 2.34. The molecule has 0 bridgehead atoms. The Bertz CT molecular complexity index is 218. The molecule has 3 atom stereocenters. The van der Waals surface area contributed by atoms with Gasteiger partial charge in [0, 0.05) is 38.3 Å². The fraction of sp³-hybridized carbons (Fsp3) is 1.00. The Morgan fingerprint density at radius 3 is 2.81 bits per heavy atom. The van der Waals surface area contributed by atoms with Crippen LogP contribution in [0.4, 0.5) is 0 Å². The minimum Gasteiger partial charge on any atom is -0.377 e. The number of piperazine rings is 1. The lowest BCUT2D eigenvalue weighted by Crippen LogP contribution is -2.57. The van der Waals surface area contributed by atoms with Crippen LogP contribution in [-0.2, 0) is 4.74 Å². The monoisotopic (exact) mass is 226 g/mol. The van der Waals surface area contributed by atoms with Crippen LogP contribution in [0.1, 0.15) is 33.6 Å². The summed E-state index contributed by atoms with van der Waals surface area (Å²) in [5.41, 5.74) is 0. The molecule has 94 valence electrons. The highest BCUT2D eigenvalue weighted by molar-refractivity contribution is 4.93. The highest BCUT2D eigenvalue weighted by atomic mass is 16.5. The van der Waals surface area contributed by atoms with Crippen LogP contribution in [0.5, 0.6) is 0 Å². The molecule has 3 unspecified atom stereocenters. The zero-order valence-electron chi connectivity index (χ0n) is 10.9. The van der Waals surface area contributed by atoms with Gasteiger partial charge in [-0.05, 0) is 39.5 Å². The van der Waals surface area contributed by atoms with Gasteiger partial charge in [0.25, 0.3) is 0 Å². The van der Waals surface area contributed by atoms with Crippen molar-refractivity contribution < 1.29 is 4.74 Å². The third kappa shape index (κ3) is 3.19. The zero-order chi connectivity index (χ0) is 11.5. The average molecular weight is 226 g/mol. The number of hydrogen-bond donors (Lipinski definition) is 1. The van der Waals surface area contributed by atoms with Crippen molar-refractivity contribution in [3.8, 4) is 0 Å². The summed E-state index contributed by atoms with van der Waals surface area (Å²) in [4.78, 5) is 2.60. The Morgan fingerprint density at radius 2 is 2.19 bits per heavy atom. The Labute approximate surface area is 99.5 Å². The molecule has 2 rings (SSSR count). The minimum absolute atomic E-state index is 0.366. The molecular weight excluding hydrogens is 200 g/mol. The van der Waals surface area contributed by atoms with E-state index in [1.54, 1.807) is 0 Å². The fourth-order valence-corrected chi connectivity index (χ4v) is 2.68. The summed E-state index contributed by atoms with van der Waals surface area (Å²) in [5.74, 6) is 0.956. The lowest BCUT2D eigenvalue weighted by molar-refractivity contribution is 0.0217. The van der Waals surface area contributed by atoms with E-state index in [9.17, 15) is 0 Å². The summed E-state index contributed by atoms with van der Waals surface area (Å²) >= 11 is 0. The van der Waals surface area contributed by atoms with Gasteiger partial charge in [0.05, 0.1) is 6.10 Å². The van der Waals surface area contributed by atoms with Crippen molar-refractivity contribution in [3.05, 3.63) is 0 Å². The van der Waals surface area contributed by atoms with Crippen LogP contribution in [0, 0.1) is 5.92 Å². The zero-order valence-corrected chi connectivity index (χ0v) is 10.9. The van der Waals surface area contributed by atoms with Gasteiger partial charge in [-0.1, -0.05) is 0 Å². The normalized spacial score (nSPS) is 33.9. The van der Waals surface area contributed by atoms with Gasteiger partial charge in [-0.15, -0.1) is 0 Å². The van der Waals surface area contributed by atoms with Crippen LogP contribution < -0.4 is 5.32 Å². The van der Waals surface area contributed by atoms with E-state index in [1.165, 1.54) is 19.4 Å². The Balaban J connectivity index is 1.80. The van der Waals surface area contributed by atoms with Gasteiger partial charge >= 0.3 is 0 Å². The van der Waals surface area contributed by atoms with Crippen LogP contribution in [0.15, 0.2) is 0 Å².